The van der Waals surface area contributed by atoms with E-state index in [4.69, 9.17) is 19.2 Å². The molecule has 4 nitrogen and oxygen atoms in total. The predicted octanol–water partition coefficient (Wildman–Crippen LogP) is 5.39. The van der Waals surface area contributed by atoms with E-state index in [1.165, 1.54) is 0 Å². The maximum Gasteiger partial charge on any atom is 0.262 e. The SMILES string of the molecule is COc1cccc(C23OOC2(C(C)(C)C)C(C)(C)C(c2ccccc2)O3)c1. The summed E-state index contributed by atoms with van der Waals surface area (Å²) in [4.78, 5) is 11.9. The topological polar surface area (TPSA) is 36.9 Å². The van der Waals surface area contributed by atoms with E-state index in [0.717, 1.165) is 16.9 Å². The van der Waals surface area contributed by atoms with Crippen molar-refractivity contribution in [3.8, 4) is 5.75 Å². The summed E-state index contributed by atoms with van der Waals surface area (Å²) in [6.07, 6.45) is -0.174. The van der Waals surface area contributed by atoms with Crippen molar-refractivity contribution in [2.45, 2.75) is 52.1 Å². The predicted molar refractivity (Wildman–Crippen MR) is 103 cm³/mol. The Bertz CT molecular complexity index is 839. The minimum absolute atomic E-state index is 0.174. The smallest absolute Gasteiger partial charge is 0.262 e. The Morgan fingerprint density at radius 2 is 1.63 bits per heavy atom. The maximum absolute atomic E-state index is 6.76. The van der Waals surface area contributed by atoms with Crippen molar-refractivity contribution in [3.63, 3.8) is 0 Å². The highest BCUT2D eigenvalue weighted by molar-refractivity contribution is 5.39. The van der Waals surface area contributed by atoms with Gasteiger partial charge in [-0.3, -0.25) is 0 Å². The summed E-state index contributed by atoms with van der Waals surface area (Å²) in [6, 6.07) is 18.2. The van der Waals surface area contributed by atoms with Gasteiger partial charge in [-0.05, 0) is 17.7 Å². The van der Waals surface area contributed by atoms with E-state index in [0.29, 0.717) is 0 Å². The molecule has 3 atom stereocenters. The van der Waals surface area contributed by atoms with Crippen molar-refractivity contribution < 1.29 is 19.2 Å². The normalized spacial score (nSPS) is 31.9. The zero-order valence-corrected chi connectivity index (χ0v) is 16.9. The van der Waals surface area contributed by atoms with Crippen molar-refractivity contribution in [2.24, 2.45) is 10.8 Å². The Kier molecular flexibility index (Phi) is 3.97. The second-order valence-corrected chi connectivity index (χ2v) is 9.08. The van der Waals surface area contributed by atoms with E-state index in [1.807, 2.05) is 42.5 Å². The third-order valence-electron chi connectivity index (χ3n) is 6.20. The summed E-state index contributed by atoms with van der Waals surface area (Å²) in [5.74, 6) is -0.228. The molecule has 2 heterocycles. The zero-order valence-electron chi connectivity index (χ0n) is 16.9. The van der Waals surface area contributed by atoms with Crippen LogP contribution in [0.1, 0.15) is 51.8 Å². The number of ether oxygens (including phenoxy) is 2. The molecule has 2 aromatic carbocycles. The van der Waals surface area contributed by atoms with Gasteiger partial charge in [-0.25, -0.2) is 4.89 Å². The maximum atomic E-state index is 6.76. The van der Waals surface area contributed by atoms with Crippen LogP contribution in [0.3, 0.4) is 0 Å². The number of hydrogen-bond acceptors (Lipinski definition) is 4. The first kappa shape index (κ1) is 18.5. The average molecular weight is 368 g/mol. The number of rotatable bonds is 3. The summed E-state index contributed by atoms with van der Waals surface area (Å²) in [5.41, 5.74) is 0.791. The van der Waals surface area contributed by atoms with Crippen molar-refractivity contribution in [1.82, 2.24) is 0 Å². The van der Waals surface area contributed by atoms with E-state index < -0.39 is 11.4 Å². The van der Waals surface area contributed by atoms with Gasteiger partial charge in [0.1, 0.15) is 5.75 Å². The molecule has 0 amide bonds. The number of hydrogen-bond donors (Lipinski definition) is 0. The lowest BCUT2D eigenvalue weighted by molar-refractivity contribution is -0.627. The fourth-order valence-corrected chi connectivity index (χ4v) is 5.18. The van der Waals surface area contributed by atoms with Gasteiger partial charge in [-0.15, -0.1) is 0 Å². The first-order valence-corrected chi connectivity index (χ1v) is 9.44. The van der Waals surface area contributed by atoms with Gasteiger partial charge < -0.3 is 9.47 Å². The van der Waals surface area contributed by atoms with Crippen LogP contribution >= 0.6 is 0 Å². The minimum atomic E-state index is -0.996. The minimum Gasteiger partial charge on any atom is -0.497 e. The Morgan fingerprint density at radius 3 is 2.19 bits per heavy atom. The van der Waals surface area contributed by atoms with Gasteiger partial charge in [0.05, 0.1) is 13.2 Å². The second kappa shape index (κ2) is 5.81. The summed E-state index contributed by atoms with van der Waals surface area (Å²) >= 11 is 0. The molecule has 144 valence electrons. The van der Waals surface area contributed by atoms with Gasteiger partial charge in [-0.1, -0.05) is 77.1 Å². The highest BCUT2D eigenvalue weighted by Crippen LogP contribution is 2.74. The Morgan fingerprint density at radius 1 is 0.926 bits per heavy atom. The Hall–Kier alpha value is -1.88. The average Bonchev–Trinajstić information content (AvgIpc) is 2.75. The molecule has 0 radical (unpaired) electrons. The molecule has 2 aliphatic heterocycles. The molecule has 0 aromatic heterocycles. The molecule has 0 N–H and O–H groups in total. The molecule has 0 spiro atoms. The molecular weight excluding hydrogens is 340 g/mol. The van der Waals surface area contributed by atoms with Crippen LogP contribution in [0, 0.1) is 10.8 Å². The molecule has 27 heavy (non-hydrogen) atoms. The van der Waals surface area contributed by atoms with Crippen LogP contribution in [-0.2, 0) is 20.3 Å². The fraction of sp³-hybridized carbons (Fsp3) is 0.478. The molecule has 2 aromatic rings. The summed E-state index contributed by atoms with van der Waals surface area (Å²) in [7, 11) is 1.66. The molecule has 4 heteroatoms. The molecule has 0 aliphatic carbocycles. The molecule has 2 aliphatic rings. The summed E-state index contributed by atoms with van der Waals surface area (Å²) in [6.45, 7) is 11.0. The quantitative estimate of drug-likeness (QED) is 0.681. The Balaban J connectivity index is 1.93. The summed E-state index contributed by atoms with van der Waals surface area (Å²) < 4.78 is 12.2. The standard InChI is InChI=1S/C23H28O4/c1-20(2,3)23-21(4,5)19(16-11-8-7-9-12-16)25-22(23,26-27-23)17-13-10-14-18(15-17)24-6/h7-15,19H,1-6H3. The van der Waals surface area contributed by atoms with Crippen molar-refractivity contribution in [3.05, 3.63) is 65.7 Å². The van der Waals surface area contributed by atoms with E-state index in [9.17, 15) is 0 Å². The van der Waals surface area contributed by atoms with E-state index in [-0.39, 0.29) is 16.9 Å². The van der Waals surface area contributed by atoms with Crippen LogP contribution in [0.25, 0.3) is 0 Å². The molecule has 0 bridgehead atoms. The fourth-order valence-electron chi connectivity index (χ4n) is 5.18. The van der Waals surface area contributed by atoms with Crippen LogP contribution < -0.4 is 4.74 Å². The van der Waals surface area contributed by atoms with Crippen LogP contribution in [0.15, 0.2) is 54.6 Å². The van der Waals surface area contributed by atoms with Crippen molar-refractivity contribution in [2.75, 3.05) is 7.11 Å². The lowest BCUT2D eigenvalue weighted by Crippen LogP contribution is -2.73. The van der Waals surface area contributed by atoms with Crippen molar-refractivity contribution in [1.29, 1.82) is 0 Å². The zero-order chi connectivity index (χ0) is 19.5. The van der Waals surface area contributed by atoms with Gasteiger partial charge in [-0.2, -0.15) is 4.89 Å². The first-order chi connectivity index (χ1) is 12.7. The van der Waals surface area contributed by atoms with Gasteiger partial charge in [0.15, 0.2) is 5.60 Å². The first-order valence-electron chi connectivity index (χ1n) is 9.44. The monoisotopic (exact) mass is 368 g/mol. The van der Waals surface area contributed by atoms with E-state index >= 15 is 0 Å². The van der Waals surface area contributed by atoms with Crippen LogP contribution in [0.5, 0.6) is 5.75 Å². The van der Waals surface area contributed by atoms with Crippen LogP contribution in [0.2, 0.25) is 0 Å². The van der Waals surface area contributed by atoms with Gasteiger partial charge in [0, 0.05) is 16.4 Å². The molecule has 3 unspecified atom stereocenters. The van der Waals surface area contributed by atoms with Gasteiger partial charge in [0.2, 0.25) is 0 Å². The van der Waals surface area contributed by atoms with E-state index in [1.54, 1.807) is 7.11 Å². The number of methoxy groups -OCH3 is 1. The van der Waals surface area contributed by atoms with Crippen molar-refractivity contribution >= 4 is 0 Å². The van der Waals surface area contributed by atoms with Crippen LogP contribution in [0.4, 0.5) is 0 Å². The molecular formula is C23H28O4. The van der Waals surface area contributed by atoms with Gasteiger partial charge in [0.25, 0.3) is 5.79 Å². The third kappa shape index (κ3) is 2.21. The Labute approximate surface area is 161 Å². The van der Waals surface area contributed by atoms with Crippen LogP contribution in [-0.4, -0.2) is 12.7 Å². The lowest BCUT2D eigenvalue weighted by Gasteiger charge is -2.61. The number of benzene rings is 2. The molecule has 0 saturated carbocycles. The largest absolute Gasteiger partial charge is 0.497 e. The molecule has 2 fully saturated rings. The third-order valence-corrected chi connectivity index (χ3v) is 6.20. The highest BCUT2D eigenvalue weighted by Gasteiger charge is 2.83. The van der Waals surface area contributed by atoms with E-state index in [2.05, 4.69) is 46.8 Å². The number of fused-ring (bicyclic) bond motifs is 1. The lowest BCUT2D eigenvalue weighted by atomic mass is 9.55. The summed E-state index contributed by atoms with van der Waals surface area (Å²) in [5, 5.41) is 0. The molecule has 4 rings (SSSR count). The van der Waals surface area contributed by atoms with Gasteiger partial charge >= 0.3 is 0 Å². The highest BCUT2D eigenvalue weighted by atomic mass is 17.3. The second-order valence-electron chi connectivity index (χ2n) is 9.08. The molecule has 2 saturated heterocycles.